The highest BCUT2D eigenvalue weighted by Gasteiger charge is 2.30. The van der Waals surface area contributed by atoms with Crippen LogP contribution >= 0.6 is 0 Å². The fraction of sp³-hybridized carbons (Fsp3) is 0.417. The van der Waals surface area contributed by atoms with Crippen molar-refractivity contribution < 1.29 is 33.0 Å². The SMILES string of the molecule is CCOC(=O)c1[nH]c(C)c(C(=O)COC(=O)C2CCN(C(=O)c3ccc(F)cc3)CC2)c1C. The molecular weight excluding hydrogens is 431 g/mol. The van der Waals surface area contributed by atoms with Crippen molar-refractivity contribution in [2.24, 2.45) is 5.92 Å². The van der Waals surface area contributed by atoms with Gasteiger partial charge in [-0.2, -0.15) is 0 Å². The summed E-state index contributed by atoms with van der Waals surface area (Å²) in [6, 6.07) is 5.33. The number of nitrogens with one attached hydrogen (secondary N) is 1. The van der Waals surface area contributed by atoms with Crippen LogP contribution in [0, 0.1) is 25.6 Å². The van der Waals surface area contributed by atoms with E-state index in [2.05, 4.69) is 4.98 Å². The lowest BCUT2D eigenvalue weighted by Gasteiger charge is -2.31. The van der Waals surface area contributed by atoms with E-state index >= 15 is 0 Å². The molecule has 1 aromatic heterocycles. The Morgan fingerprint density at radius 3 is 2.30 bits per heavy atom. The number of benzene rings is 1. The van der Waals surface area contributed by atoms with Gasteiger partial charge in [0.15, 0.2) is 6.61 Å². The number of Topliss-reactive ketones (excluding diaryl/α,β-unsaturated/α-hetero) is 1. The Bertz CT molecular complexity index is 1050. The minimum atomic E-state index is -0.545. The number of amides is 1. The molecule has 0 unspecified atom stereocenters. The van der Waals surface area contributed by atoms with Crippen LogP contribution in [-0.2, 0) is 14.3 Å². The summed E-state index contributed by atoms with van der Waals surface area (Å²) in [6.07, 6.45) is 0.824. The third kappa shape index (κ3) is 5.47. The monoisotopic (exact) mass is 458 g/mol. The number of rotatable bonds is 7. The molecular formula is C24H27FN2O6. The van der Waals surface area contributed by atoms with Gasteiger partial charge in [0.1, 0.15) is 11.5 Å². The molecule has 2 heterocycles. The maximum absolute atomic E-state index is 13.1. The zero-order valence-electron chi connectivity index (χ0n) is 18.9. The van der Waals surface area contributed by atoms with Crippen molar-refractivity contribution in [2.45, 2.75) is 33.6 Å². The number of hydrogen-bond donors (Lipinski definition) is 1. The third-order valence-corrected chi connectivity index (χ3v) is 5.75. The lowest BCUT2D eigenvalue weighted by molar-refractivity contribution is -0.148. The van der Waals surface area contributed by atoms with E-state index in [9.17, 15) is 23.6 Å². The second-order valence-corrected chi connectivity index (χ2v) is 7.95. The number of halogens is 1. The smallest absolute Gasteiger partial charge is 0.355 e. The molecule has 8 nitrogen and oxygen atoms in total. The van der Waals surface area contributed by atoms with Crippen molar-refractivity contribution >= 4 is 23.6 Å². The van der Waals surface area contributed by atoms with Gasteiger partial charge in [-0.1, -0.05) is 0 Å². The van der Waals surface area contributed by atoms with Crippen LogP contribution < -0.4 is 0 Å². The molecule has 33 heavy (non-hydrogen) atoms. The lowest BCUT2D eigenvalue weighted by atomic mass is 9.96. The van der Waals surface area contributed by atoms with Gasteiger partial charge in [-0.25, -0.2) is 9.18 Å². The van der Waals surface area contributed by atoms with Gasteiger partial charge < -0.3 is 19.4 Å². The summed E-state index contributed by atoms with van der Waals surface area (Å²) in [7, 11) is 0. The number of esters is 2. The predicted octanol–water partition coefficient (Wildman–Crippen LogP) is 3.23. The van der Waals surface area contributed by atoms with Crippen molar-refractivity contribution in [3.63, 3.8) is 0 Å². The van der Waals surface area contributed by atoms with Gasteiger partial charge in [0.05, 0.1) is 12.5 Å². The molecule has 1 amide bonds. The number of nitrogens with zero attached hydrogens (tertiary/aromatic N) is 1. The Labute approximate surface area is 191 Å². The van der Waals surface area contributed by atoms with Gasteiger partial charge >= 0.3 is 11.9 Å². The van der Waals surface area contributed by atoms with Crippen LogP contribution in [-0.4, -0.2) is 59.8 Å². The molecule has 0 spiro atoms. The third-order valence-electron chi connectivity index (χ3n) is 5.75. The molecule has 1 aromatic carbocycles. The molecule has 9 heteroatoms. The summed E-state index contributed by atoms with van der Waals surface area (Å²) < 4.78 is 23.3. The first kappa shape index (κ1) is 24.2. The van der Waals surface area contributed by atoms with E-state index in [1.807, 2.05) is 0 Å². The highest BCUT2D eigenvalue weighted by Crippen LogP contribution is 2.22. The zero-order valence-corrected chi connectivity index (χ0v) is 18.9. The van der Waals surface area contributed by atoms with Crippen LogP contribution in [0.2, 0.25) is 0 Å². The van der Waals surface area contributed by atoms with Crippen molar-refractivity contribution in [2.75, 3.05) is 26.3 Å². The summed E-state index contributed by atoms with van der Waals surface area (Å²) >= 11 is 0. The van der Waals surface area contributed by atoms with E-state index in [-0.39, 0.29) is 18.2 Å². The summed E-state index contributed by atoms with van der Waals surface area (Å²) in [6.45, 7) is 5.50. The molecule has 1 aliphatic heterocycles. The normalized spacial score (nSPS) is 14.1. The van der Waals surface area contributed by atoms with E-state index in [1.54, 1.807) is 25.7 Å². The topological polar surface area (TPSA) is 106 Å². The largest absolute Gasteiger partial charge is 0.461 e. The van der Waals surface area contributed by atoms with Gasteiger partial charge in [0, 0.05) is 29.9 Å². The van der Waals surface area contributed by atoms with E-state index in [0.29, 0.717) is 48.3 Å². The van der Waals surface area contributed by atoms with Gasteiger partial charge in [-0.15, -0.1) is 0 Å². The highest BCUT2D eigenvalue weighted by atomic mass is 19.1. The van der Waals surface area contributed by atoms with Crippen LogP contribution in [0.15, 0.2) is 24.3 Å². The molecule has 1 saturated heterocycles. The van der Waals surface area contributed by atoms with Crippen molar-refractivity contribution in [3.05, 3.63) is 58.2 Å². The highest BCUT2D eigenvalue weighted by molar-refractivity contribution is 6.03. The molecule has 176 valence electrons. The maximum atomic E-state index is 13.1. The number of carbonyl (C=O) groups is 4. The van der Waals surface area contributed by atoms with E-state index in [0.717, 1.165) is 0 Å². The first-order valence-corrected chi connectivity index (χ1v) is 10.8. The number of aromatic nitrogens is 1. The number of likely N-dealkylation sites (tertiary alicyclic amines) is 1. The van der Waals surface area contributed by atoms with Crippen LogP contribution in [0.25, 0.3) is 0 Å². The van der Waals surface area contributed by atoms with Gasteiger partial charge in [-0.05, 0) is 63.4 Å². The molecule has 2 aromatic rings. The quantitative estimate of drug-likeness (QED) is 0.505. The minimum absolute atomic E-state index is 0.210. The summed E-state index contributed by atoms with van der Waals surface area (Å²) in [5.74, 6) is -2.49. The lowest BCUT2D eigenvalue weighted by Crippen LogP contribution is -2.40. The number of H-pyrrole nitrogens is 1. The van der Waals surface area contributed by atoms with Gasteiger partial charge in [0.25, 0.3) is 5.91 Å². The van der Waals surface area contributed by atoms with E-state index in [1.165, 1.54) is 24.3 Å². The van der Waals surface area contributed by atoms with Crippen LogP contribution in [0.4, 0.5) is 4.39 Å². The standard InChI is InChI=1S/C24H27FN2O6/c1-4-32-24(31)21-14(2)20(15(3)26-21)19(28)13-33-23(30)17-9-11-27(12-10-17)22(29)16-5-7-18(25)8-6-16/h5-8,17,26H,4,9-13H2,1-3H3. The second kappa shape index (κ2) is 10.4. The van der Waals surface area contributed by atoms with Gasteiger partial charge in [0.2, 0.25) is 5.78 Å². The van der Waals surface area contributed by atoms with Crippen molar-refractivity contribution in [1.82, 2.24) is 9.88 Å². The Balaban J connectivity index is 1.53. The minimum Gasteiger partial charge on any atom is -0.461 e. The molecule has 1 fully saturated rings. The molecule has 0 bridgehead atoms. The van der Waals surface area contributed by atoms with Gasteiger partial charge in [-0.3, -0.25) is 14.4 Å². The first-order chi connectivity index (χ1) is 15.7. The Morgan fingerprint density at radius 2 is 1.70 bits per heavy atom. The number of carbonyl (C=O) groups excluding carboxylic acids is 4. The molecule has 0 atom stereocenters. The number of ether oxygens (including phenoxy) is 2. The summed E-state index contributed by atoms with van der Waals surface area (Å²) in [5.41, 5.74) is 1.87. The van der Waals surface area contributed by atoms with Crippen molar-refractivity contribution in [3.8, 4) is 0 Å². The molecule has 0 radical (unpaired) electrons. The number of hydrogen-bond acceptors (Lipinski definition) is 6. The maximum Gasteiger partial charge on any atom is 0.355 e. The second-order valence-electron chi connectivity index (χ2n) is 7.95. The fourth-order valence-corrected chi connectivity index (χ4v) is 4.00. The fourth-order valence-electron chi connectivity index (χ4n) is 4.00. The van der Waals surface area contributed by atoms with E-state index < -0.39 is 36.1 Å². The number of aryl methyl sites for hydroxylation is 1. The number of ketones is 1. The molecule has 1 aliphatic rings. The zero-order chi connectivity index (χ0) is 24.1. The first-order valence-electron chi connectivity index (χ1n) is 10.8. The molecule has 0 saturated carbocycles. The molecule has 1 N–H and O–H groups in total. The number of aromatic amines is 1. The average molecular weight is 458 g/mol. The van der Waals surface area contributed by atoms with Crippen LogP contribution in [0.3, 0.4) is 0 Å². The summed E-state index contributed by atoms with van der Waals surface area (Å²) in [5, 5.41) is 0. The van der Waals surface area contributed by atoms with E-state index in [4.69, 9.17) is 9.47 Å². The average Bonchev–Trinajstić information content (AvgIpc) is 3.11. The molecule has 3 rings (SSSR count). The predicted molar refractivity (Wildman–Crippen MR) is 117 cm³/mol. The Hall–Kier alpha value is -3.49. The number of piperidine rings is 1. The Kier molecular flexibility index (Phi) is 7.63. The Morgan fingerprint density at radius 1 is 1.06 bits per heavy atom. The van der Waals surface area contributed by atoms with Crippen molar-refractivity contribution in [1.29, 1.82) is 0 Å². The van der Waals surface area contributed by atoms with Crippen LogP contribution in [0.1, 0.15) is 62.2 Å². The molecule has 0 aliphatic carbocycles. The van der Waals surface area contributed by atoms with Crippen LogP contribution in [0.5, 0.6) is 0 Å². The summed E-state index contributed by atoms with van der Waals surface area (Å²) in [4.78, 5) is 54.2.